The molecule has 112 valence electrons. The van der Waals surface area contributed by atoms with E-state index in [1.807, 2.05) is 31.2 Å². The molecule has 4 nitrogen and oxygen atoms in total. The van der Waals surface area contributed by atoms with Gasteiger partial charge in [-0.1, -0.05) is 25.5 Å². The molecule has 1 aliphatic rings. The van der Waals surface area contributed by atoms with E-state index in [2.05, 4.69) is 24.5 Å². The summed E-state index contributed by atoms with van der Waals surface area (Å²) in [6, 6.07) is 7.93. The minimum absolute atomic E-state index is 0.0521. The summed E-state index contributed by atoms with van der Waals surface area (Å²) in [7, 11) is 0. The lowest BCUT2D eigenvalue weighted by molar-refractivity contribution is 0.0843. The molecule has 2 N–H and O–H groups in total. The molecule has 1 amide bonds. The molecule has 1 unspecified atom stereocenters. The van der Waals surface area contributed by atoms with Crippen LogP contribution in [0.15, 0.2) is 28.7 Å². The molecule has 1 aromatic heterocycles. The van der Waals surface area contributed by atoms with Crippen molar-refractivity contribution in [3.8, 4) is 0 Å². The number of fused-ring (bicyclic) bond motifs is 1. The summed E-state index contributed by atoms with van der Waals surface area (Å²) in [6.45, 7) is 8.23. The Morgan fingerprint density at radius 2 is 2.19 bits per heavy atom. The number of piperidine rings is 1. The van der Waals surface area contributed by atoms with Gasteiger partial charge in [-0.15, -0.1) is 0 Å². The fourth-order valence-corrected chi connectivity index (χ4v) is 2.94. The summed E-state index contributed by atoms with van der Waals surface area (Å²) < 4.78 is 5.67. The second-order valence-corrected chi connectivity index (χ2v) is 6.63. The largest absolute Gasteiger partial charge is 0.451 e. The van der Waals surface area contributed by atoms with E-state index in [4.69, 9.17) is 4.42 Å². The van der Waals surface area contributed by atoms with Crippen molar-refractivity contribution in [2.75, 3.05) is 13.1 Å². The molecule has 0 spiro atoms. The molecule has 0 aliphatic carbocycles. The first-order valence-electron chi connectivity index (χ1n) is 7.47. The van der Waals surface area contributed by atoms with E-state index >= 15 is 0 Å². The lowest BCUT2D eigenvalue weighted by atomic mass is 9.80. The van der Waals surface area contributed by atoms with Crippen molar-refractivity contribution in [3.63, 3.8) is 0 Å². The third-order valence-electron chi connectivity index (χ3n) is 4.33. The second kappa shape index (κ2) is 5.19. The second-order valence-electron chi connectivity index (χ2n) is 6.63. The number of aryl methyl sites for hydroxylation is 1. The van der Waals surface area contributed by atoms with Gasteiger partial charge < -0.3 is 15.1 Å². The zero-order chi connectivity index (χ0) is 15.0. The van der Waals surface area contributed by atoms with Gasteiger partial charge in [0, 0.05) is 18.0 Å². The van der Waals surface area contributed by atoms with E-state index in [9.17, 15) is 4.79 Å². The number of hydrogen-bond donors (Lipinski definition) is 2. The van der Waals surface area contributed by atoms with Crippen LogP contribution in [0.4, 0.5) is 0 Å². The van der Waals surface area contributed by atoms with E-state index < -0.39 is 0 Å². The summed E-state index contributed by atoms with van der Waals surface area (Å²) in [6.07, 6.45) is 0.943. The highest BCUT2D eigenvalue weighted by atomic mass is 16.3. The van der Waals surface area contributed by atoms with Crippen LogP contribution < -0.4 is 10.6 Å². The van der Waals surface area contributed by atoms with Crippen LogP contribution in [0.2, 0.25) is 0 Å². The Balaban J connectivity index is 1.80. The zero-order valence-corrected chi connectivity index (χ0v) is 12.8. The number of carbonyl (C=O) groups excluding carboxylic acids is 1. The first-order valence-corrected chi connectivity index (χ1v) is 7.47. The summed E-state index contributed by atoms with van der Waals surface area (Å²) in [4.78, 5) is 12.4. The van der Waals surface area contributed by atoms with Gasteiger partial charge in [0.25, 0.3) is 5.91 Å². The number of hydrogen-bond acceptors (Lipinski definition) is 3. The van der Waals surface area contributed by atoms with Gasteiger partial charge in [0.15, 0.2) is 5.76 Å². The molecule has 2 heterocycles. The first kappa shape index (κ1) is 14.1. The molecule has 1 fully saturated rings. The van der Waals surface area contributed by atoms with Crippen molar-refractivity contribution in [2.45, 2.75) is 33.2 Å². The number of nitrogens with one attached hydrogen (secondary N) is 2. The molecule has 1 saturated heterocycles. The molecule has 0 bridgehead atoms. The van der Waals surface area contributed by atoms with Gasteiger partial charge in [0.2, 0.25) is 0 Å². The lowest BCUT2D eigenvalue weighted by Gasteiger charge is -2.39. The monoisotopic (exact) mass is 286 g/mol. The average Bonchev–Trinajstić information content (AvgIpc) is 2.84. The van der Waals surface area contributed by atoms with Gasteiger partial charge in [0.1, 0.15) is 5.58 Å². The predicted octanol–water partition coefficient (Wildman–Crippen LogP) is 2.86. The van der Waals surface area contributed by atoms with Gasteiger partial charge >= 0.3 is 0 Å². The Morgan fingerprint density at radius 3 is 2.95 bits per heavy atom. The van der Waals surface area contributed by atoms with Crippen molar-refractivity contribution < 1.29 is 9.21 Å². The van der Waals surface area contributed by atoms with Crippen molar-refractivity contribution in [1.82, 2.24) is 10.6 Å². The molecule has 3 rings (SSSR count). The van der Waals surface area contributed by atoms with Crippen molar-refractivity contribution >= 4 is 16.9 Å². The molecule has 1 aromatic carbocycles. The number of rotatable bonds is 2. The summed E-state index contributed by atoms with van der Waals surface area (Å²) in [5, 5.41) is 7.48. The van der Waals surface area contributed by atoms with Crippen molar-refractivity contribution in [2.24, 2.45) is 5.41 Å². The fraction of sp³-hybridized carbons (Fsp3) is 0.471. The number of furan rings is 1. The quantitative estimate of drug-likeness (QED) is 0.892. The van der Waals surface area contributed by atoms with Crippen molar-refractivity contribution in [3.05, 3.63) is 35.6 Å². The van der Waals surface area contributed by atoms with Gasteiger partial charge in [-0.25, -0.2) is 0 Å². The van der Waals surface area contributed by atoms with E-state index in [1.54, 1.807) is 0 Å². The highest BCUT2D eigenvalue weighted by Gasteiger charge is 2.33. The van der Waals surface area contributed by atoms with E-state index in [1.165, 1.54) is 0 Å². The predicted molar refractivity (Wildman–Crippen MR) is 83.5 cm³/mol. The van der Waals surface area contributed by atoms with Crippen LogP contribution in [0.3, 0.4) is 0 Å². The molecule has 0 saturated carbocycles. The van der Waals surface area contributed by atoms with Crippen LogP contribution >= 0.6 is 0 Å². The number of carbonyl (C=O) groups is 1. The Morgan fingerprint density at radius 1 is 1.38 bits per heavy atom. The molecule has 4 heteroatoms. The van der Waals surface area contributed by atoms with Crippen LogP contribution in [-0.2, 0) is 0 Å². The van der Waals surface area contributed by atoms with Crippen LogP contribution in [-0.4, -0.2) is 25.0 Å². The Labute approximate surface area is 124 Å². The molecule has 1 aliphatic heterocycles. The van der Waals surface area contributed by atoms with Gasteiger partial charge in [-0.2, -0.15) is 0 Å². The maximum atomic E-state index is 12.4. The topological polar surface area (TPSA) is 54.3 Å². The van der Waals surface area contributed by atoms with Gasteiger partial charge in [-0.05, 0) is 43.5 Å². The normalized spacial score (nSPS) is 21.4. The smallest absolute Gasteiger partial charge is 0.287 e. The summed E-state index contributed by atoms with van der Waals surface area (Å²) in [5.41, 5.74) is 1.97. The molecule has 0 radical (unpaired) electrons. The Hall–Kier alpha value is -1.81. The Bertz CT molecular complexity index is 672. The average molecular weight is 286 g/mol. The van der Waals surface area contributed by atoms with E-state index in [0.717, 1.165) is 36.0 Å². The maximum absolute atomic E-state index is 12.4. The van der Waals surface area contributed by atoms with Crippen molar-refractivity contribution in [1.29, 1.82) is 0 Å². The Kier molecular flexibility index (Phi) is 3.49. The third kappa shape index (κ3) is 2.81. The van der Waals surface area contributed by atoms with E-state index in [0.29, 0.717) is 5.76 Å². The van der Waals surface area contributed by atoms with Crippen LogP contribution in [0.5, 0.6) is 0 Å². The fourth-order valence-electron chi connectivity index (χ4n) is 2.94. The highest BCUT2D eigenvalue weighted by Crippen LogP contribution is 2.26. The van der Waals surface area contributed by atoms with Crippen LogP contribution in [0.25, 0.3) is 11.0 Å². The molecular weight excluding hydrogens is 264 g/mol. The summed E-state index contributed by atoms with van der Waals surface area (Å²) >= 11 is 0. The van der Waals surface area contributed by atoms with Crippen LogP contribution in [0, 0.1) is 12.3 Å². The number of amides is 1. The van der Waals surface area contributed by atoms with Gasteiger partial charge in [-0.3, -0.25) is 4.79 Å². The third-order valence-corrected chi connectivity index (χ3v) is 4.33. The van der Waals surface area contributed by atoms with Gasteiger partial charge in [0.05, 0.1) is 0 Å². The standard InChI is InChI=1S/C17H22N2O2/c1-11-4-5-13-12(8-11)9-14(21-13)16(20)19-15-6-7-18-10-17(15,2)3/h4-5,8-9,15,18H,6-7,10H2,1-3H3,(H,19,20). The first-order chi connectivity index (χ1) is 9.95. The van der Waals surface area contributed by atoms with Crippen LogP contribution in [0.1, 0.15) is 36.4 Å². The summed E-state index contributed by atoms with van der Waals surface area (Å²) in [5.74, 6) is 0.272. The minimum Gasteiger partial charge on any atom is -0.451 e. The van der Waals surface area contributed by atoms with E-state index in [-0.39, 0.29) is 17.4 Å². The lowest BCUT2D eigenvalue weighted by Crippen LogP contribution is -2.54. The molecule has 1 atom stereocenters. The maximum Gasteiger partial charge on any atom is 0.287 e. The SMILES string of the molecule is Cc1ccc2oc(C(=O)NC3CCNCC3(C)C)cc2c1. The molecular formula is C17H22N2O2. The zero-order valence-electron chi connectivity index (χ0n) is 12.8. The molecule has 21 heavy (non-hydrogen) atoms. The number of benzene rings is 1. The molecule has 2 aromatic rings. The minimum atomic E-state index is -0.121. The highest BCUT2D eigenvalue weighted by molar-refractivity contribution is 5.96.